The van der Waals surface area contributed by atoms with E-state index < -0.39 is 0 Å². The minimum atomic E-state index is -0.0277. The van der Waals surface area contributed by atoms with Gasteiger partial charge in [-0.2, -0.15) is 0 Å². The van der Waals surface area contributed by atoms with Crippen LogP contribution in [-0.4, -0.2) is 24.2 Å². The highest BCUT2D eigenvalue weighted by molar-refractivity contribution is 5.76. The van der Waals surface area contributed by atoms with Gasteiger partial charge in [-0.05, 0) is 30.1 Å². The van der Waals surface area contributed by atoms with E-state index in [4.69, 9.17) is 0 Å². The molecule has 0 aliphatic heterocycles. The summed E-state index contributed by atoms with van der Waals surface area (Å²) in [6, 6.07) is 0. The molecule has 20 heavy (non-hydrogen) atoms. The monoisotopic (exact) mass is 283 g/mol. The van der Waals surface area contributed by atoms with Gasteiger partial charge >= 0.3 is 0 Å². The lowest BCUT2D eigenvalue weighted by atomic mass is 9.79. The Hall–Kier alpha value is -0.570. The van der Waals surface area contributed by atoms with E-state index in [1.807, 2.05) is 0 Å². The maximum atomic E-state index is 11.9. The molecule has 0 saturated heterocycles. The van der Waals surface area contributed by atoms with Gasteiger partial charge in [-0.15, -0.1) is 0 Å². The van der Waals surface area contributed by atoms with Crippen LogP contribution >= 0.6 is 0 Å². The van der Waals surface area contributed by atoms with Crippen molar-refractivity contribution in [1.82, 2.24) is 5.32 Å². The number of amides is 1. The van der Waals surface area contributed by atoms with Crippen LogP contribution in [0.5, 0.6) is 0 Å². The summed E-state index contributed by atoms with van der Waals surface area (Å²) in [5, 5.41) is 12.2. The molecule has 118 valence electrons. The summed E-state index contributed by atoms with van der Waals surface area (Å²) < 4.78 is 0. The molecule has 1 atom stereocenters. The molecule has 1 saturated carbocycles. The molecule has 3 heteroatoms. The van der Waals surface area contributed by atoms with Crippen molar-refractivity contribution in [1.29, 1.82) is 0 Å². The second kappa shape index (κ2) is 8.66. The Kier molecular flexibility index (Phi) is 7.57. The Labute approximate surface area is 124 Å². The largest absolute Gasteiger partial charge is 0.396 e. The smallest absolute Gasteiger partial charge is 0.220 e. The highest BCUT2D eigenvalue weighted by Gasteiger charge is 2.22. The predicted molar refractivity (Wildman–Crippen MR) is 83.5 cm³/mol. The number of hydrogen-bond acceptors (Lipinski definition) is 2. The Balaban J connectivity index is 2.13. The number of nitrogens with one attached hydrogen (secondary N) is 1. The molecule has 1 unspecified atom stereocenters. The fourth-order valence-corrected chi connectivity index (χ4v) is 3.11. The molecule has 1 fully saturated rings. The summed E-state index contributed by atoms with van der Waals surface area (Å²) in [6.45, 7) is 7.28. The average molecular weight is 283 g/mol. The quantitative estimate of drug-likeness (QED) is 0.670. The van der Waals surface area contributed by atoms with Gasteiger partial charge in [0, 0.05) is 19.6 Å². The van der Waals surface area contributed by atoms with Crippen molar-refractivity contribution in [2.24, 2.45) is 17.3 Å². The van der Waals surface area contributed by atoms with Gasteiger partial charge in [-0.25, -0.2) is 0 Å². The van der Waals surface area contributed by atoms with E-state index in [2.05, 4.69) is 26.1 Å². The topological polar surface area (TPSA) is 49.3 Å². The van der Waals surface area contributed by atoms with Crippen molar-refractivity contribution >= 4 is 5.91 Å². The van der Waals surface area contributed by atoms with Gasteiger partial charge in [0.15, 0.2) is 0 Å². The zero-order chi connectivity index (χ0) is 15.0. The van der Waals surface area contributed by atoms with E-state index in [1.54, 1.807) is 0 Å². The first-order chi connectivity index (χ1) is 9.44. The van der Waals surface area contributed by atoms with Crippen molar-refractivity contribution in [2.45, 2.75) is 72.1 Å². The minimum absolute atomic E-state index is 0.0277. The fourth-order valence-electron chi connectivity index (χ4n) is 3.11. The molecule has 0 aromatic heterocycles. The third-order valence-corrected chi connectivity index (χ3v) is 4.74. The molecule has 0 bridgehead atoms. The summed E-state index contributed by atoms with van der Waals surface area (Å²) in [7, 11) is 0. The van der Waals surface area contributed by atoms with E-state index in [0.29, 0.717) is 12.3 Å². The number of carbonyl (C=O) groups is 1. The Morgan fingerprint density at radius 3 is 2.55 bits per heavy atom. The average Bonchev–Trinajstić information content (AvgIpc) is 2.44. The number of aliphatic hydroxyl groups excluding tert-OH is 1. The molecule has 1 aliphatic rings. The summed E-state index contributed by atoms with van der Waals surface area (Å²) >= 11 is 0. The van der Waals surface area contributed by atoms with Gasteiger partial charge < -0.3 is 10.4 Å². The highest BCUT2D eigenvalue weighted by atomic mass is 16.3. The van der Waals surface area contributed by atoms with Gasteiger partial charge in [-0.3, -0.25) is 4.79 Å². The van der Waals surface area contributed by atoms with E-state index in [-0.39, 0.29) is 17.9 Å². The molecule has 0 aromatic carbocycles. The Bertz CT molecular complexity index is 283. The van der Waals surface area contributed by atoms with Crippen LogP contribution in [0.4, 0.5) is 0 Å². The second-order valence-corrected chi connectivity index (χ2v) is 7.36. The van der Waals surface area contributed by atoms with E-state index in [9.17, 15) is 9.90 Å². The number of hydrogen-bond donors (Lipinski definition) is 2. The molecule has 2 N–H and O–H groups in total. The summed E-state index contributed by atoms with van der Waals surface area (Å²) in [4.78, 5) is 11.9. The molecule has 0 radical (unpaired) electrons. The van der Waals surface area contributed by atoms with Crippen molar-refractivity contribution in [2.75, 3.05) is 13.2 Å². The zero-order valence-electron chi connectivity index (χ0n) is 13.6. The maximum Gasteiger partial charge on any atom is 0.220 e. The van der Waals surface area contributed by atoms with Crippen molar-refractivity contribution < 1.29 is 9.90 Å². The summed E-state index contributed by atoms with van der Waals surface area (Å²) in [6.07, 6.45) is 9.22. The van der Waals surface area contributed by atoms with E-state index in [1.165, 1.54) is 32.1 Å². The molecule has 1 amide bonds. The lowest BCUT2D eigenvalue weighted by molar-refractivity contribution is -0.122. The van der Waals surface area contributed by atoms with Gasteiger partial charge in [0.25, 0.3) is 0 Å². The van der Waals surface area contributed by atoms with Gasteiger partial charge in [0.05, 0.1) is 0 Å². The van der Waals surface area contributed by atoms with Crippen LogP contribution in [0.25, 0.3) is 0 Å². The van der Waals surface area contributed by atoms with Crippen LogP contribution in [0.2, 0.25) is 0 Å². The van der Waals surface area contributed by atoms with Gasteiger partial charge in [0.2, 0.25) is 5.91 Å². The van der Waals surface area contributed by atoms with Crippen molar-refractivity contribution in [3.05, 3.63) is 0 Å². The molecule has 3 nitrogen and oxygen atoms in total. The first kappa shape index (κ1) is 17.5. The molecule has 0 aromatic rings. The molecular weight excluding hydrogens is 250 g/mol. The standard InChI is InChI=1S/C17H33NO2/c1-14(15-8-5-4-6-9-15)12-16(20)18-11-7-10-17(2,3)13-19/h14-15,19H,4-13H2,1-3H3,(H,18,20). The van der Waals surface area contributed by atoms with Crippen LogP contribution in [-0.2, 0) is 4.79 Å². The minimum Gasteiger partial charge on any atom is -0.396 e. The van der Waals surface area contributed by atoms with E-state index in [0.717, 1.165) is 25.3 Å². The lowest BCUT2D eigenvalue weighted by Crippen LogP contribution is -2.29. The van der Waals surface area contributed by atoms with Gasteiger partial charge in [-0.1, -0.05) is 52.9 Å². The Morgan fingerprint density at radius 2 is 1.95 bits per heavy atom. The molecule has 1 aliphatic carbocycles. The number of carbonyl (C=O) groups excluding carboxylic acids is 1. The first-order valence-electron chi connectivity index (χ1n) is 8.32. The first-order valence-corrected chi connectivity index (χ1v) is 8.32. The van der Waals surface area contributed by atoms with Crippen LogP contribution in [0.3, 0.4) is 0 Å². The van der Waals surface area contributed by atoms with Crippen LogP contribution < -0.4 is 5.32 Å². The predicted octanol–water partition coefficient (Wildman–Crippen LogP) is 3.51. The number of aliphatic hydroxyl groups is 1. The normalized spacial score (nSPS) is 18.8. The van der Waals surface area contributed by atoms with Crippen LogP contribution in [0, 0.1) is 17.3 Å². The fraction of sp³-hybridized carbons (Fsp3) is 0.941. The van der Waals surface area contributed by atoms with Crippen LogP contribution in [0.15, 0.2) is 0 Å². The highest BCUT2D eigenvalue weighted by Crippen LogP contribution is 2.31. The third-order valence-electron chi connectivity index (χ3n) is 4.74. The molecular formula is C17H33NO2. The molecule has 0 spiro atoms. The number of rotatable bonds is 8. The Morgan fingerprint density at radius 1 is 1.30 bits per heavy atom. The SMILES string of the molecule is CC(CC(=O)NCCCC(C)(C)CO)C1CCCCC1. The zero-order valence-corrected chi connectivity index (χ0v) is 13.6. The van der Waals surface area contributed by atoms with E-state index >= 15 is 0 Å². The lowest BCUT2D eigenvalue weighted by Gasteiger charge is -2.27. The third kappa shape index (κ3) is 6.74. The second-order valence-electron chi connectivity index (χ2n) is 7.36. The maximum absolute atomic E-state index is 11.9. The van der Waals surface area contributed by atoms with Gasteiger partial charge in [0.1, 0.15) is 0 Å². The van der Waals surface area contributed by atoms with Crippen molar-refractivity contribution in [3.8, 4) is 0 Å². The summed E-state index contributed by atoms with van der Waals surface area (Å²) in [5.41, 5.74) is -0.0277. The molecule has 1 rings (SSSR count). The van der Waals surface area contributed by atoms with Crippen molar-refractivity contribution in [3.63, 3.8) is 0 Å². The summed E-state index contributed by atoms with van der Waals surface area (Å²) in [5.74, 6) is 1.47. The van der Waals surface area contributed by atoms with Crippen LogP contribution in [0.1, 0.15) is 72.1 Å². The molecule has 0 heterocycles.